The highest BCUT2D eigenvalue weighted by Crippen LogP contribution is 2.33. The summed E-state index contributed by atoms with van der Waals surface area (Å²) in [6.07, 6.45) is 0. The minimum absolute atomic E-state index is 0.0704. The van der Waals surface area contributed by atoms with Crippen LogP contribution >= 0.6 is 0 Å². The van der Waals surface area contributed by atoms with Crippen molar-refractivity contribution in [3.63, 3.8) is 0 Å². The first-order chi connectivity index (χ1) is 13.0. The molecule has 3 aromatic carbocycles. The van der Waals surface area contributed by atoms with Gasteiger partial charge in [0.1, 0.15) is 5.41 Å². The summed E-state index contributed by atoms with van der Waals surface area (Å²) in [5.41, 5.74) is 1.07. The Morgan fingerprint density at radius 2 is 1.33 bits per heavy atom. The number of nitriles is 1. The van der Waals surface area contributed by atoms with Crippen LogP contribution in [-0.4, -0.2) is 15.0 Å². The third-order valence-electron chi connectivity index (χ3n) is 4.46. The predicted molar refractivity (Wildman–Crippen MR) is 104 cm³/mol. The number of benzene rings is 3. The monoisotopic (exact) mass is 377 g/mol. The molecular formula is C22H19NO3S. The molecule has 3 rings (SSSR count). The minimum Gasteiger partial charge on any atom is -0.264 e. The SMILES string of the molecule is Cc1ccc(S(=O)(=O)OCC(C#N)(c2ccccc2)c2ccccc2)cc1. The van der Waals surface area contributed by atoms with Crippen molar-refractivity contribution in [1.29, 1.82) is 5.26 Å². The molecule has 0 atom stereocenters. The van der Waals surface area contributed by atoms with Crippen LogP contribution in [0.4, 0.5) is 0 Å². The fourth-order valence-corrected chi connectivity index (χ4v) is 3.82. The molecule has 5 heteroatoms. The second-order valence-corrected chi connectivity index (χ2v) is 7.89. The Morgan fingerprint density at radius 1 is 0.852 bits per heavy atom. The molecule has 0 unspecified atom stereocenters. The van der Waals surface area contributed by atoms with Crippen LogP contribution in [0.3, 0.4) is 0 Å². The fourth-order valence-electron chi connectivity index (χ4n) is 2.88. The Morgan fingerprint density at radius 3 is 1.78 bits per heavy atom. The average Bonchev–Trinajstić information content (AvgIpc) is 2.71. The molecule has 27 heavy (non-hydrogen) atoms. The minimum atomic E-state index is -3.99. The van der Waals surface area contributed by atoms with E-state index in [4.69, 9.17) is 4.18 Å². The summed E-state index contributed by atoms with van der Waals surface area (Å²) in [5, 5.41) is 10.1. The molecule has 0 amide bonds. The van der Waals surface area contributed by atoms with Gasteiger partial charge in [0, 0.05) is 0 Å². The van der Waals surface area contributed by atoms with Gasteiger partial charge in [-0.2, -0.15) is 13.7 Å². The lowest BCUT2D eigenvalue weighted by atomic mass is 9.76. The average molecular weight is 377 g/mol. The number of rotatable bonds is 6. The van der Waals surface area contributed by atoms with E-state index in [0.29, 0.717) is 11.1 Å². The first-order valence-corrected chi connectivity index (χ1v) is 9.87. The first kappa shape index (κ1) is 18.8. The third-order valence-corrected chi connectivity index (χ3v) is 5.74. The van der Waals surface area contributed by atoms with Crippen molar-refractivity contribution in [3.05, 3.63) is 102 Å². The van der Waals surface area contributed by atoms with Gasteiger partial charge in [0.25, 0.3) is 10.1 Å². The summed E-state index contributed by atoms with van der Waals surface area (Å²) >= 11 is 0. The van der Waals surface area contributed by atoms with Crippen LogP contribution in [0.15, 0.2) is 89.8 Å². The summed E-state index contributed by atoms with van der Waals surface area (Å²) in [7, 11) is -3.99. The van der Waals surface area contributed by atoms with E-state index >= 15 is 0 Å². The van der Waals surface area contributed by atoms with E-state index in [2.05, 4.69) is 6.07 Å². The van der Waals surface area contributed by atoms with Crippen molar-refractivity contribution >= 4 is 10.1 Å². The molecule has 0 aromatic heterocycles. The van der Waals surface area contributed by atoms with E-state index in [9.17, 15) is 13.7 Å². The van der Waals surface area contributed by atoms with E-state index in [1.165, 1.54) is 12.1 Å². The van der Waals surface area contributed by atoms with E-state index in [1.54, 1.807) is 36.4 Å². The molecule has 0 fully saturated rings. The van der Waals surface area contributed by atoms with Gasteiger partial charge >= 0.3 is 0 Å². The summed E-state index contributed by atoms with van der Waals surface area (Å²) in [4.78, 5) is 0.0704. The summed E-state index contributed by atoms with van der Waals surface area (Å²) in [6.45, 7) is 1.57. The topological polar surface area (TPSA) is 67.2 Å². The van der Waals surface area contributed by atoms with Gasteiger partial charge in [0.05, 0.1) is 17.6 Å². The van der Waals surface area contributed by atoms with Crippen LogP contribution in [0.25, 0.3) is 0 Å². The molecule has 0 radical (unpaired) electrons. The normalized spacial score (nSPS) is 11.7. The molecule has 0 saturated carbocycles. The van der Waals surface area contributed by atoms with Crippen molar-refractivity contribution in [2.45, 2.75) is 17.2 Å². The fraction of sp³-hybridized carbons (Fsp3) is 0.136. The molecular weight excluding hydrogens is 358 g/mol. The van der Waals surface area contributed by atoms with Gasteiger partial charge < -0.3 is 0 Å². The van der Waals surface area contributed by atoms with Gasteiger partial charge in [-0.05, 0) is 30.2 Å². The molecule has 0 aliphatic heterocycles. The molecule has 136 valence electrons. The van der Waals surface area contributed by atoms with Crippen molar-refractivity contribution < 1.29 is 12.6 Å². The van der Waals surface area contributed by atoms with Crippen molar-refractivity contribution in [1.82, 2.24) is 0 Å². The highest BCUT2D eigenvalue weighted by atomic mass is 32.2. The maximum Gasteiger partial charge on any atom is 0.297 e. The Labute approximate surface area is 159 Å². The lowest BCUT2D eigenvalue weighted by Gasteiger charge is -2.27. The molecule has 0 saturated heterocycles. The lowest BCUT2D eigenvalue weighted by molar-refractivity contribution is 0.278. The number of hydrogen-bond donors (Lipinski definition) is 0. The Kier molecular flexibility index (Phi) is 5.41. The van der Waals surface area contributed by atoms with Gasteiger partial charge in [-0.25, -0.2) is 0 Å². The molecule has 0 spiro atoms. The quantitative estimate of drug-likeness (QED) is 0.604. The summed E-state index contributed by atoms with van der Waals surface area (Å²) in [6, 6.07) is 26.9. The maximum absolute atomic E-state index is 12.6. The third kappa shape index (κ3) is 3.92. The second kappa shape index (κ2) is 7.75. The zero-order valence-corrected chi connectivity index (χ0v) is 15.7. The van der Waals surface area contributed by atoms with Crippen molar-refractivity contribution in [2.24, 2.45) is 0 Å². The molecule has 0 bridgehead atoms. The number of aryl methyl sites for hydroxylation is 1. The maximum atomic E-state index is 12.6. The van der Waals surface area contributed by atoms with Crippen LogP contribution < -0.4 is 0 Å². The Hall–Kier alpha value is -2.94. The van der Waals surface area contributed by atoms with E-state index in [0.717, 1.165) is 5.56 Å². The van der Waals surface area contributed by atoms with Gasteiger partial charge in [-0.15, -0.1) is 0 Å². The van der Waals surface area contributed by atoms with Gasteiger partial charge in [0.2, 0.25) is 0 Å². The summed E-state index contributed by atoms with van der Waals surface area (Å²) < 4.78 is 30.6. The van der Waals surface area contributed by atoms with Gasteiger partial charge in [-0.3, -0.25) is 4.18 Å². The largest absolute Gasteiger partial charge is 0.297 e. The lowest BCUT2D eigenvalue weighted by Crippen LogP contribution is -2.33. The van der Waals surface area contributed by atoms with E-state index < -0.39 is 15.5 Å². The molecule has 0 aliphatic rings. The van der Waals surface area contributed by atoms with Crippen molar-refractivity contribution in [2.75, 3.05) is 6.61 Å². The molecule has 0 N–H and O–H groups in total. The predicted octanol–water partition coefficient (Wildman–Crippen LogP) is 4.21. The number of hydrogen-bond acceptors (Lipinski definition) is 4. The zero-order valence-electron chi connectivity index (χ0n) is 14.9. The highest BCUT2D eigenvalue weighted by Gasteiger charge is 2.37. The van der Waals surface area contributed by atoms with Crippen LogP contribution in [-0.2, 0) is 19.7 Å². The van der Waals surface area contributed by atoms with E-state index in [-0.39, 0.29) is 11.5 Å². The van der Waals surface area contributed by atoms with Gasteiger partial charge in [-0.1, -0.05) is 78.4 Å². The molecule has 3 aromatic rings. The van der Waals surface area contributed by atoms with Crippen LogP contribution in [0.2, 0.25) is 0 Å². The standard InChI is InChI=1S/C22H19NO3S/c1-18-12-14-21(15-13-18)27(24,25)26-17-22(16-23,19-8-4-2-5-9-19)20-10-6-3-7-11-20/h2-15H,17H2,1H3. The van der Waals surface area contributed by atoms with Gasteiger partial charge in [0.15, 0.2) is 0 Å². The van der Waals surface area contributed by atoms with Crippen LogP contribution in [0, 0.1) is 18.3 Å². The molecule has 0 aliphatic carbocycles. The van der Waals surface area contributed by atoms with Crippen LogP contribution in [0.1, 0.15) is 16.7 Å². The second-order valence-electron chi connectivity index (χ2n) is 6.28. The summed E-state index contributed by atoms with van der Waals surface area (Å²) in [5.74, 6) is 0. The van der Waals surface area contributed by atoms with Crippen LogP contribution in [0.5, 0.6) is 0 Å². The molecule has 4 nitrogen and oxygen atoms in total. The Balaban J connectivity index is 2.00. The number of nitrogens with zero attached hydrogens (tertiary/aromatic N) is 1. The highest BCUT2D eigenvalue weighted by molar-refractivity contribution is 7.86. The van der Waals surface area contributed by atoms with E-state index in [1.807, 2.05) is 43.3 Å². The zero-order chi connectivity index (χ0) is 19.3. The smallest absolute Gasteiger partial charge is 0.264 e. The van der Waals surface area contributed by atoms with Crippen molar-refractivity contribution in [3.8, 4) is 6.07 Å². The Bertz CT molecular complexity index is 999. The first-order valence-electron chi connectivity index (χ1n) is 8.46. The molecule has 0 heterocycles.